The van der Waals surface area contributed by atoms with Gasteiger partial charge in [0.05, 0.1) is 10.2 Å². The van der Waals surface area contributed by atoms with Crippen LogP contribution in [0.1, 0.15) is 6.92 Å². The van der Waals surface area contributed by atoms with Gasteiger partial charge in [0, 0.05) is 24.9 Å². The molecule has 110 valence electrons. The van der Waals surface area contributed by atoms with E-state index >= 15 is 0 Å². The number of tetrazole rings is 1. The first kappa shape index (κ1) is 14.9. The highest BCUT2D eigenvalue weighted by atomic mass is 32.2. The number of hydrogen-bond acceptors (Lipinski definition) is 7. The number of hydrogen-bond donors (Lipinski definition) is 1. The molecule has 0 radical (unpaired) electrons. The highest BCUT2D eigenvalue weighted by Gasteiger charge is 2.18. The van der Waals surface area contributed by atoms with Crippen LogP contribution in [-0.2, 0) is 11.8 Å². The minimum atomic E-state index is -0.495. The average Bonchev–Trinajstić information content (AvgIpc) is 2.84. The van der Waals surface area contributed by atoms with E-state index in [0.29, 0.717) is 10.8 Å². The molecule has 0 fully saturated rings. The molecule has 1 amide bonds. The van der Waals surface area contributed by atoms with E-state index in [1.165, 1.54) is 40.7 Å². The highest BCUT2D eigenvalue weighted by Crippen LogP contribution is 2.21. The summed E-state index contributed by atoms with van der Waals surface area (Å²) in [6.45, 7) is 1.72. The number of carbonyl (C=O) groups is 1. The molecule has 21 heavy (non-hydrogen) atoms. The quantitative estimate of drug-likeness (QED) is 0.501. The SMILES string of the molecule is CC(Sc1nnnn1C)C(=O)Nc1ccc([N+](=O)[O-])cc1. The molecule has 2 rings (SSSR count). The number of non-ortho nitro benzene ring substituents is 1. The van der Waals surface area contributed by atoms with Gasteiger partial charge in [-0.2, -0.15) is 0 Å². The Hall–Kier alpha value is -2.49. The lowest BCUT2D eigenvalue weighted by atomic mass is 10.3. The maximum atomic E-state index is 12.0. The number of nitro groups is 1. The highest BCUT2D eigenvalue weighted by molar-refractivity contribution is 8.00. The largest absolute Gasteiger partial charge is 0.325 e. The first-order valence-corrected chi connectivity index (χ1v) is 6.79. The molecular weight excluding hydrogens is 296 g/mol. The molecule has 0 spiro atoms. The van der Waals surface area contributed by atoms with Crippen molar-refractivity contribution in [1.29, 1.82) is 0 Å². The third-order valence-corrected chi connectivity index (χ3v) is 3.70. The van der Waals surface area contributed by atoms with Gasteiger partial charge in [-0.1, -0.05) is 11.8 Å². The number of nitrogens with zero attached hydrogens (tertiary/aromatic N) is 5. The summed E-state index contributed by atoms with van der Waals surface area (Å²) in [5, 5.41) is 24.3. The third-order valence-electron chi connectivity index (χ3n) is 2.58. The van der Waals surface area contributed by atoms with E-state index < -0.39 is 10.2 Å². The van der Waals surface area contributed by atoms with Crippen molar-refractivity contribution in [2.45, 2.75) is 17.3 Å². The lowest BCUT2D eigenvalue weighted by Gasteiger charge is -2.10. The molecule has 1 aromatic heterocycles. The summed E-state index contributed by atoms with van der Waals surface area (Å²) >= 11 is 1.22. The summed E-state index contributed by atoms with van der Waals surface area (Å²) in [6, 6.07) is 5.63. The Morgan fingerprint density at radius 2 is 2.10 bits per heavy atom. The lowest BCUT2D eigenvalue weighted by molar-refractivity contribution is -0.384. The van der Waals surface area contributed by atoms with Crippen molar-refractivity contribution < 1.29 is 9.72 Å². The Morgan fingerprint density at radius 1 is 1.43 bits per heavy atom. The van der Waals surface area contributed by atoms with E-state index in [2.05, 4.69) is 20.8 Å². The summed E-state index contributed by atoms with van der Waals surface area (Å²) < 4.78 is 1.47. The lowest BCUT2D eigenvalue weighted by Crippen LogP contribution is -2.22. The summed E-state index contributed by atoms with van der Waals surface area (Å²) in [6.07, 6.45) is 0. The summed E-state index contributed by atoms with van der Waals surface area (Å²) in [5.41, 5.74) is 0.467. The van der Waals surface area contributed by atoms with Gasteiger partial charge in [-0.25, -0.2) is 4.68 Å². The van der Waals surface area contributed by atoms with E-state index in [4.69, 9.17) is 0 Å². The van der Waals surface area contributed by atoms with E-state index in [-0.39, 0.29) is 11.6 Å². The Bertz CT molecular complexity index is 656. The van der Waals surface area contributed by atoms with Crippen LogP contribution in [-0.4, -0.2) is 36.3 Å². The van der Waals surface area contributed by atoms with Crippen molar-refractivity contribution >= 4 is 29.0 Å². The van der Waals surface area contributed by atoms with Crippen LogP contribution in [0.4, 0.5) is 11.4 Å². The van der Waals surface area contributed by atoms with Crippen LogP contribution in [0.25, 0.3) is 0 Å². The average molecular weight is 308 g/mol. The minimum absolute atomic E-state index is 0.0272. The predicted octanol–water partition coefficient (Wildman–Crippen LogP) is 1.24. The van der Waals surface area contributed by atoms with Crippen LogP contribution in [0.2, 0.25) is 0 Å². The van der Waals surface area contributed by atoms with Crippen LogP contribution in [0.5, 0.6) is 0 Å². The van der Waals surface area contributed by atoms with Gasteiger partial charge in [0.1, 0.15) is 0 Å². The molecule has 2 aromatic rings. The summed E-state index contributed by atoms with van der Waals surface area (Å²) in [4.78, 5) is 22.1. The normalized spacial score (nSPS) is 11.9. The number of carbonyl (C=O) groups excluding carboxylic acids is 1. The Balaban J connectivity index is 1.97. The van der Waals surface area contributed by atoms with Crippen molar-refractivity contribution in [3.05, 3.63) is 34.4 Å². The van der Waals surface area contributed by atoms with Gasteiger partial charge in [-0.3, -0.25) is 14.9 Å². The van der Waals surface area contributed by atoms with Gasteiger partial charge in [0.2, 0.25) is 11.1 Å². The Labute approximate surface area is 123 Å². The second kappa shape index (κ2) is 6.31. The van der Waals surface area contributed by atoms with Gasteiger partial charge in [0.25, 0.3) is 5.69 Å². The van der Waals surface area contributed by atoms with E-state index in [9.17, 15) is 14.9 Å². The maximum absolute atomic E-state index is 12.0. The maximum Gasteiger partial charge on any atom is 0.269 e. The van der Waals surface area contributed by atoms with Crippen molar-refractivity contribution in [2.75, 3.05) is 5.32 Å². The second-order valence-electron chi connectivity index (χ2n) is 4.14. The molecule has 1 atom stereocenters. The zero-order valence-corrected chi connectivity index (χ0v) is 12.1. The van der Waals surface area contributed by atoms with Gasteiger partial charge >= 0.3 is 0 Å². The number of benzene rings is 1. The molecule has 1 N–H and O–H groups in total. The molecule has 0 aliphatic heterocycles. The first-order chi connectivity index (χ1) is 9.97. The van der Waals surface area contributed by atoms with Gasteiger partial charge in [0.15, 0.2) is 0 Å². The van der Waals surface area contributed by atoms with Gasteiger partial charge in [-0.15, -0.1) is 5.10 Å². The zero-order chi connectivity index (χ0) is 15.4. The van der Waals surface area contributed by atoms with Crippen LogP contribution < -0.4 is 5.32 Å². The number of amides is 1. The van der Waals surface area contributed by atoms with Crippen molar-refractivity contribution in [3.63, 3.8) is 0 Å². The summed E-state index contributed by atoms with van der Waals surface area (Å²) in [5.74, 6) is -0.239. The van der Waals surface area contributed by atoms with Crippen LogP contribution in [0, 0.1) is 10.1 Å². The van der Waals surface area contributed by atoms with Crippen LogP contribution in [0.15, 0.2) is 29.4 Å². The van der Waals surface area contributed by atoms with Crippen molar-refractivity contribution in [1.82, 2.24) is 20.2 Å². The predicted molar refractivity (Wildman–Crippen MR) is 75.8 cm³/mol. The molecule has 0 aliphatic carbocycles. The molecule has 0 bridgehead atoms. The second-order valence-corrected chi connectivity index (χ2v) is 5.45. The van der Waals surface area contributed by atoms with Crippen LogP contribution >= 0.6 is 11.8 Å². The van der Waals surface area contributed by atoms with E-state index in [1.807, 2.05) is 0 Å². The van der Waals surface area contributed by atoms with E-state index in [1.54, 1.807) is 14.0 Å². The minimum Gasteiger partial charge on any atom is -0.325 e. The number of thioether (sulfide) groups is 1. The fraction of sp³-hybridized carbons (Fsp3) is 0.273. The molecule has 10 heteroatoms. The van der Waals surface area contributed by atoms with Crippen molar-refractivity contribution in [3.8, 4) is 0 Å². The van der Waals surface area contributed by atoms with Gasteiger partial charge in [-0.05, 0) is 29.5 Å². The van der Waals surface area contributed by atoms with Gasteiger partial charge < -0.3 is 5.32 Å². The molecule has 1 unspecified atom stereocenters. The Kier molecular flexibility index (Phi) is 4.48. The molecular formula is C11H12N6O3S. The smallest absolute Gasteiger partial charge is 0.269 e. The number of aromatic nitrogens is 4. The third kappa shape index (κ3) is 3.75. The molecule has 0 saturated carbocycles. The number of aryl methyl sites for hydroxylation is 1. The van der Waals surface area contributed by atoms with E-state index in [0.717, 1.165) is 0 Å². The van der Waals surface area contributed by atoms with Crippen LogP contribution in [0.3, 0.4) is 0 Å². The number of nitrogens with one attached hydrogen (secondary N) is 1. The molecule has 9 nitrogen and oxygen atoms in total. The fourth-order valence-corrected chi connectivity index (χ4v) is 2.20. The van der Waals surface area contributed by atoms with Crippen molar-refractivity contribution in [2.24, 2.45) is 7.05 Å². The molecule has 0 saturated heterocycles. The monoisotopic (exact) mass is 308 g/mol. The summed E-state index contributed by atoms with van der Waals surface area (Å²) in [7, 11) is 1.68. The fourth-order valence-electron chi connectivity index (χ4n) is 1.44. The zero-order valence-electron chi connectivity index (χ0n) is 11.3. The molecule has 1 heterocycles. The molecule has 1 aromatic carbocycles. The number of anilines is 1. The number of nitro benzene ring substituents is 1. The molecule has 0 aliphatic rings. The topological polar surface area (TPSA) is 116 Å². The first-order valence-electron chi connectivity index (χ1n) is 5.91. The standard InChI is InChI=1S/C11H12N6O3S/c1-7(21-11-13-14-15-16(11)2)10(18)12-8-3-5-9(6-4-8)17(19)20/h3-7H,1-2H3,(H,12,18). The Morgan fingerprint density at radius 3 is 2.62 bits per heavy atom. The number of rotatable bonds is 5.